The van der Waals surface area contributed by atoms with Gasteiger partial charge in [0.2, 0.25) is 15.9 Å². The summed E-state index contributed by atoms with van der Waals surface area (Å²) in [6.07, 6.45) is 0.0173. The number of nitrogens with zero attached hydrogens (tertiary/aromatic N) is 2. The summed E-state index contributed by atoms with van der Waals surface area (Å²) in [7, 11) is -3.83. The van der Waals surface area contributed by atoms with Crippen LogP contribution in [0, 0.1) is 0 Å². The Labute approximate surface area is 150 Å². The molecule has 2 N–H and O–H groups in total. The predicted molar refractivity (Wildman–Crippen MR) is 94.6 cm³/mol. The summed E-state index contributed by atoms with van der Waals surface area (Å²) in [6, 6.07) is 13.9. The SMILES string of the molecule is C[C@@H](NC(=O)CCNS(=O)(=O)c1cccc2nonc12)c1ccccc1. The van der Waals surface area contributed by atoms with Gasteiger partial charge in [-0.15, -0.1) is 0 Å². The van der Waals surface area contributed by atoms with E-state index in [0.717, 1.165) is 5.56 Å². The van der Waals surface area contributed by atoms with Crippen molar-refractivity contribution in [3.05, 3.63) is 54.1 Å². The number of hydrogen-bond donors (Lipinski definition) is 2. The van der Waals surface area contributed by atoms with E-state index in [0.29, 0.717) is 5.52 Å². The Balaban J connectivity index is 1.57. The molecule has 0 bridgehead atoms. The van der Waals surface area contributed by atoms with Crippen LogP contribution in [0.5, 0.6) is 0 Å². The molecular formula is C17H18N4O4S. The molecular weight excluding hydrogens is 356 g/mol. The highest BCUT2D eigenvalue weighted by Gasteiger charge is 2.20. The van der Waals surface area contributed by atoms with Gasteiger partial charge in [-0.3, -0.25) is 4.79 Å². The van der Waals surface area contributed by atoms with Crippen molar-refractivity contribution in [3.63, 3.8) is 0 Å². The fourth-order valence-corrected chi connectivity index (χ4v) is 3.69. The van der Waals surface area contributed by atoms with E-state index >= 15 is 0 Å². The van der Waals surface area contributed by atoms with E-state index in [2.05, 4.69) is 25.0 Å². The standard InChI is InChI=1S/C17H18N4O4S/c1-12(13-6-3-2-4-7-13)19-16(22)10-11-18-26(23,24)15-9-5-8-14-17(15)21-25-20-14/h2-9,12,18H,10-11H2,1H3,(H,19,22)/t12-/m1/s1. The first-order valence-corrected chi connectivity index (χ1v) is 9.51. The summed E-state index contributed by atoms with van der Waals surface area (Å²) in [5.74, 6) is -0.245. The van der Waals surface area contributed by atoms with E-state index in [1.165, 1.54) is 6.07 Å². The number of nitrogens with one attached hydrogen (secondary N) is 2. The minimum atomic E-state index is -3.83. The zero-order valence-electron chi connectivity index (χ0n) is 14.0. The fourth-order valence-electron chi connectivity index (χ4n) is 2.51. The second-order valence-electron chi connectivity index (χ2n) is 5.74. The molecule has 0 aliphatic carbocycles. The first kappa shape index (κ1) is 18.0. The summed E-state index contributed by atoms with van der Waals surface area (Å²) >= 11 is 0. The average molecular weight is 374 g/mol. The van der Waals surface area contributed by atoms with Crippen LogP contribution in [0.4, 0.5) is 0 Å². The van der Waals surface area contributed by atoms with Crippen LogP contribution in [0.2, 0.25) is 0 Å². The molecule has 9 heteroatoms. The minimum Gasteiger partial charge on any atom is -0.350 e. The van der Waals surface area contributed by atoms with Crippen molar-refractivity contribution in [1.82, 2.24) is 20.4 Å². The molecule has 136 valence electrons. The number of carbonyl (C=O) groups excluding carboxylic acids is 1. The van der Waals surface area contributed by atoms with Crippen LogP contribution < -0.4 is 10.0 Å². The lowest BCUT2D eigenvalue weighted by Crippen LogP contribution is -2.32. The van der Waals surface area contributed by atoms with Gasteiger partial charge in [0.05, 0.1) is 6.04 Å². The molecule has 0 spiro atoms. The van der Waals surface area contributed by atoms with E-state index in [-0.39, 0.29) is 35.3 Å². The number of amides is 1. The lowest BCUT2D eigenvalue weighted by atomic mass is 10.1. The number of rotatable bonds is 7. The zero-order valence-corrected chi connectivity index (χ0v) is 14.9. The Kier molecular flexibility index (Phi) is 5.29. The molecule has 1 heterocycles. The highest BCUT2D eigenvalue weighted by atomic mass is 32.2. The number of sulfonamides is 1. The largest absolute Gasteiger partial charge is 0.350 e. The summed E-state index contributed by atoms with van der Waals surface area (Å²) < 4.78 is 31.8. The molecule has 1 amide bonds. The normalized spacial score (nSPS) is 12.8. The van der Waals surface area contributed by atoms with Crippen LogP contribution in [0.1, 0.15) is 24.9 Å². The van der Waals surface area contributed by atoms with E-state index < -0.39 is 10.0 Å². The Morgan fingerprint density at radius 2 is 1.88 bits per heavy atom. The molecule has 0 aliphatic rings. The van der Waals surface area contributed by atoms with Gasteiger partial charge < -0.3 is 5.32 Å². The summed E-state index contributed by atoms with van der Waals surface area (Å²) in [5.41, 5.74) is 1.48. The van der Waals surface area contributed by atoms with Gasteiger partial charge in [-0.2, -0.15) is 0 Å². The third-order valence-corrected chi connectivity index (χ3v) is 5.35. The molecule has 3 rings (SSSR count). The maximum Gasteiger partial charge on any atom is 0.242 e. The molecule has 0 unspecified atom stereocenters. The second kappa shape index (κ2) is 7.63. The van der Waals surface area contributed by atoms with Gasteiger partial charge in [0, 0.05) is 13.0 Å². The van der Waals surface area contributed by atoms with E-state index in [9.17, 15) is 13.2 Å². The number of carbonyl (C=O) groups is 1. The van der Waals surface area contributed by atoms with Crippen molar-refractivity contribution in [3.8, 4) is 0 Å². The minimum absolute atomic E-state index is 0.0173. The molecule has 8 nitrogen and oxygen atoms in total. The first-order valence-electron chi connectivity index (χ1n) is 8.02. The van der Waals surface area contributed by atoms with E-state index in [1.807, 2.05) is 37.3 Å². The Bertz CT molecular complexity index is 1000. The maximum absolute atomic E-state index is 12.4. The number of hydrogen-bond acceptors (Lipinski definition) is 6. The van der Waals surface area contributed by atoms with Gasteiger partial charge in [0.1, 0.15) is 10.4 Å². The van der Waals surface area contributed by atoms with Crippen LogP contribution in [0.3, 0.4) is 0 Å². The van der Waals surface area contributed by atoms with Gasteiger partial charge in [0.15, 0.2) is 5.52 Å². The Morgan fingerprint density at radius 1 is 1.12 bits per heavy atom. The Hall–Kier alpha value is -2.78. The highest BCUT2D eigenvalue weighted by Crippen LogP contribution is 2.19. The molecule has 26 heavy (non-hydrogen) atoms. The lowest BCUT2D eigenvalue weighted by molar-refractivity contribution is -0.121. The van der Waals surface area contributed by atoms with Gasteiger partial charge in [-0.25, -0.2) is 17.8 Å². The summed E-state index contributed by atoms with van der Waals surface area (Å²) in [5, 5.41) is 10.1. The summed E-state index contributed by atoms with van der Waals surface area (Å²) in [6.45, 7) is 1.84. The van der Waals surface area contributed by atoms with Crippen molar-refractivity contribution in [1.29, 1.82) is 0 Å². The lowest BCUT2D eigenvalue weighted by Gasteiger charge is -2.14. The molecule has 0 saturated heterocycles. The molecule has 3 aromatic rings. The van der Waals surface area contributed by atoms with E-state index in [4.69, 9.17) is 0 Å². The first-order chi connectivity index (χ1) is 12.5. The molecule has 0 fully saturated rings. The van der Waals surface area contributed by atoms with Crippen LogP contribution in [-0.2, 0) is 14.8 Å². The third kappa shape index (κ3) is 4.06. The topological polar surface area (TPSA) is 114 Å². The number of aromatic nitrogens is 2. The maximum atomic E-state index is 12.4. The molecule has 2 aromatic carbocycles. The highest BCUT2D eigenvalue weighted by molar-refractivity contribution is 7.89. The zero-order chi connectivity index (χ0) is 18.6. The fraction of sp³-hybridized carbons (Fsp3) is 0.235. The predicted octanol–water partition coefficient (Wildman–Crippen LogP) is 1.77. The van der Waals surface area contributed by atoms with Crippen molar-refractivity contribution in [2.75, 3.05) is 6.54 Å². The molecule has 0 saturated carbocycles. The third-order valence-electron chi connectivity index (χ3n) is 3.86. The number of benzene rings is 2. The average Bonchev–Trinajstić information content (AvgIpc) is 3.10. The van der Waals surface area contributed by atoms with Gasteiger partial charge >= 0.3 is 0 Å². The molecule has 1 atom stereocenters. The number of fused-ring (bicyclic) bond motifs is 1. The van der Waals surface area contributed by atoms with Gasteiger partial charge in [-0.05, 0) is 34.9 Å². The molecule has 0 aliphatic heterocycles. The quantitative estimate of drug-likeness (QED) is 0.651. The Morgan fingerprint density at radius 3 is 2.65 bits per heavy atom. The second-order valence-corrected chi connectivity index (χ2v) is 7.47. The van der Waals surface area contributed by atoms with Crippen LogP contribution >= 0.6 is 0 Å². The van der Waals surface area contributed by atoms with E-state index in [1.54, 1.807) is 12.1 Å². The smallest absolute Gasteiger partial charge is 0.242 e. The van der Waals surface area contributed by atoms with Gasteiger partial charge in [0.25, 0.3) is 0 Å². The molecule has 1 aromatic heterocycles. The van der Waals surface area contributed by atoms with Crippen molar-refractivity contribution >= 4 is 27.0 Å². The van der Waals surface area contributed by atoms with Crippen LogP contribution in [0.15, 0.2) is 58.1 Å². The summed E-state index contributed by atoms with van der Waals surface area (Å²) in [4.78, 5) is 12.0. The van der Waals surface area contributed by atoms with Crippen molar-refractivity contribution in [2.45, 2.75) is 24.3 Å². The van der Waals surface area contributed by atoms with Gasteiger partial charge in [-0.1, -0.05) is 36.4 Å². The van der Waals surface area contributed by atoms with Crippen molar-refractivity contribution in [2.24, 2.45) is 0 Å². The van der Waals surface area contributed by atoms with Crippen LogP contribution in [-0.4, -0.2) is 31.2 Å². The molecule has 0 radical (unpaired) electrons. The monoisotopic (exact) mass is 374 g/mol. The van der Waals surface area contributed by atoms with Crippen molar-refractivity contribution < 1.29 is 17.8 Å². The van der Waals surface area contributed by atoms with Crippen LogP contribution in [0.25, 0.3) is 11.0 Å².